The predicted octanol–water partition coefficient (Wildman–Crippen LogP) is 3.55. The van der Waals surface area contributed by atoms with Gasteiger partial charge in [-0.05, 0) is 42.7 Å². The van der Waals surface area contributed by atoms with Crippen molar-refractivity contribution in [1.82, 2.24) is 0 Å². The first-order chi connectivity index (χ1) is 8.17. The van der Waals surface area contributed by atoms with Gasteiger partial charge >= 0.3 is 5.97 Å². The predicted molar refractivity (Wildman–Crippen MR) is 66.9 cm³/mol. The molecule has 2 aromatic carbocycles. The van der Waals surface area contributed by atoms with Crippen molar-refractivity contribution in [3.05, 3.63) is 42.5 Å². The number of hydrogen-bond donors (Lipinski definition) is 0. The Morgan fingerprint density at radius 3 is 2.53 bits per heavy atom. The maximum atomic E-state index is 11.8. The number of fused-ring (bicyclic) bond motifs is 1. The quantitative estimate of drug-likeness (QED) is 0.578. The summed E-state index contributed by atoms with van der Waals surface area (Å²) in [4.78, 5) is 11.8. The smallest absolute Gasteiger partial charge is 0.317 e. The van der Waals surface area contributed by atoms with Crippen molar-refractivity contribution in [3.8, 4) is 5.75 Å². The molecule has 2 aromatic rings. The minimum atomic E-state index is -0.231. The highest BCUT2D eigenvalue weighted by molar-refractivity contribution is 5.86. The van der Waals surface area contributed by atoms with Crippen LogP contribution in [0.2, 0.25) is 0 Å². The number of carbonyl (C=O) groups excluding carboxylic acids is 1. The van der Waals surface area contributed by atoms with Gasteiger partial charge in [0.15, 0.2) is 0 Å². The van der Waals surface area contributed by atoms with Gasteiger partial charge in [-0.1, -0.05) is 30.3 Å². The molecule has 0 aromatic heterocycles. The molecule has 17 heavy (non-hydrogen) atoms. The average Bonchev–Trinajstić information content (AvgIpc) is 3.09. The van der Waals surface area contributed by atoms with Gasteiger partial charge in [0.1, 0.15) is 5.75 Å². The van der Waals surface area contributed by atoms with Crippen LogP contribution in [0.15, 0.2) is 42.5 Å². The van der Waals surface area contributed by atoms with Gasteiger partial charge in [0.2, 0.25) is 0 Å². The van der Waals surface area contributed by atoms with Crippen LogP contribution < -0.4 is 4.74 Å². The lowest BCUT2D eigenvalue weighted by molar-refractivity contribution is -0.139. The number of esters is 1. The van der Waals surface area contributed by atoms with Gasteiger partial charge in [-0.2, -0.15) is 0 Å². The molecule has 0 N–H and O–H groups in total. The molecular formula is C15H14O2. The minimum absolute atomic E-state index is 0.104. The van der Waals surface area contributed by atoms with E-state index in [0.29, 0.717) is 5.75 Å². The highest BCUT2D eigenvalue weighted by Gasteiger charge is 2.46. The van der Waals surface area contributed by atoms with E-state index >= 15 is 0 Å². The molecule has 2 heteroatoms. The second kappa shape index (κ2) is 3.59. The van der Waals surface area contributed by atoms with Crippen LogP contribution in [0.5, 0.6) is 5.75 Å². The van der Waals surface area contributed by atoms with Crippen LogP contribution in [-0.4, -0.2) is 5.97 Å². The Bertz CT molecular complexity index is 582. The lowest BCUT2D eigenvalue weighted by Crippen LogP contribution is -2.18. The lowest BCUT2D eigenvalue weighted by atomic mass is 10.1. The van der Waals surface area contributed by atoms with Crippen molar-refractivity contribution in [1.29, 1.82) is 0 Å². The fourth-order valence-corrected chi connectivity index (χ4v) is 1.85. The molecule has 86 valence electrons. The molecule has 1 saturated carbocycles. The van der Waals surface area contributed by atoms with Crippen LogP contribution in [0.1, 0.15) is 19.8 Å². The van der Waals surface area contributed by atoms with Crippen molar-refractivity contribution in [2.45, 2.75) is 19.8 Å². The number of hydrogen-bond acceptors (Lipinski definition) is 2. The first kappa shape index (κ1) is 10.3. The summed E-state index contributed by atoms with van der Waals surface area (Å²) in [6, 6.07) is 13.8. The average molecular weight is 226 g/mol. The van der Waals surface area contributed by atoms with Crippen molar-refractivity contribution in [2.24, 2.45) is 5.41 Å². The van der Waals surface area contributed by atoms with E-state index in [9.17, 15) is 4.79 Å². The Morgan fingerprint density at radius 1 is 1.12 bits per heavy atom. The van der Waals surface area contributed by atoms with Crippen LogP contribution in [0, 0.1) is 5.41 Å². The van der Waals surface area contributed by atoms with Gasteiger partial charge in [0.05, 0.1) is 5.41 Å². The van der Waals surface area contributed by atoms with Gasteiger partial charge < -0.3 is 4.74 Å². The molecule has 0 bridgehead atoms. The molecule has 0 unspecified atom stereocenters. The minimum Gasteiger partial charge on any atom is -0.426 e. The summed E-state index contributed by atoms with van der Waals surface area (Å²) in [6.07, 6.45) is 1.89. The molecule has 1 aliphatic rings. The third-order valence-electron chi connectivity index (χ3n) is 3.42. The van der Waals surface area contributed by atoms with E-state index in [1.165, 1.54) is 0 Å². The second-order valence-corrected chi connectivity index (χ2v) is 4.96. The summed E-state index contributed by atoms with van der Waals surface area (Å²) in [6.45, 7) is 1.95. The third kappa shape index (κ3) is 1.91. The Labute approximate surface area is 100 Å². The SMILES string of the molecule is CC1(C(=O)Oc2ccc3ccccc3c2)CC1. The first-order valence-corrected chi connectivity index (χ1v) is 5.88. The Morgan fingerprint density at radius 2 is 1.82 bits per heavy atom. The summed E-state index contributed by atoms with van der Waals surface area (Å²) in [5.74, 6) is 0.537. The van der Waals surface area contributed by atoms with Crippen molar-refractivity contribution in [2.75, 3.05) is 0 Å². The van der Waals surface area contributed by atoms with Crippen molar-refractivity contribution >= 4 is 16.7 Å². The van der Waals surface area contributed by atoms with E-state index < -0.39 is 0 Å². The van der Waals surface area contributed by atoms with Crippen molar-refractivity contribution in [3.63, 3.8) is 0 Å². The molecule has 3 rings (SSSR count). The van der Waals surface area contributed by atoms with Gasteiger partial charge in [0, 0.05) is 0 Å². The molecule has 1 aliphatic carbocycles. The molecule has 2 nitrogen and oxygen atoms in total. The maximum Gasteiger partial charge on any atom is 0.317 e. The summed E-state index contributed by atoms with van der Waals surface area (Å²) in [5.41, 5.74) is -0.231. The number of rotatable bonds is 2. The zero-order valence-electron chi connectivity index (χ0n) is 9.77. The van der Waals surface area contributed by atoms with E-state index in [4.69, 9.17) is 4.74 Å². The number of benzene rings is 2. The summed E-state index contributed by atoms with van der Waals surface area (Å²) in [5, 5.41) is 2.25. The Balaban J connectivity index is 1.88. The first-order valence-electron chi connectivity index (χ1n) is 5.88. The van der Waals surface area contributed by atoms with Crippen LogP contribution in [-0.2, 0) is 4.79 Å². The topological polar surface area (TPSA) is 26.3 Å². The molecule has 0 heterocycles. The number of carbonyl (C=O) groups is 1. The molecule has 0 saturated heterocycles. The fraction of sp³-hybridized carbons (Fsp3) is 0.267. The van der Waals surface area contributed by atoms with Gasteiger partial charge in [-0.15, -0.1) is 0 Å². The molecule has 0 atom stereocenters. The monoisotopic (exact) mass is 226 g/mol. The number of ether oxygens (including phenoxy) is 1. The second-order valence-electron chi connectivity index (χ2n) is 4.96. The van der Waals surface area contributed by atoms with Gasteiger partial charge in [-0.25, -0.2) is 0 Å². The summed E-state index contributed by atoms with van der Waals surface area (Å²) >= 11 is 0. The van der Waals surface area contributed by atoms with Gasteiger partial charge in [-0.3, -0.25) is 4.79 Å². The standard InChI is InChI=1S/C15H14O2/c1-15(8-9-15)14(16)17-13-7-6-11-4-2-3-5-12(11)10-13/h2-7,10H,8-9H2,1H3. The highest BCUT2D eigenvalue weighted by Crippen LogP contribution is 2.46. The molecule has 0 amide bonds. The zero-order valence-corrected chi connectivity index (χ0v) is 9.77. The van der Waals surface area contributed by atoms with E-state index in [1.807, 2.05) is 49.4 Å². The normalized spacial score (nSPS) is 16.8. The van der Waals surface area contributed by atoms with E-state index in [2.05, 4.69) is 0 Å². The zero-order chi connectivity index (χ0) is 11.9. The van der Waals surface area contributed by atoms with Crippen LogP contribution >= 0.6 is 0 Å². The lowest BCUT2D eigenvalue weighted by Gasteiger charge is -2.09. The molecule has 1 fully saturated rings. The van der Waals surface area contributed by atoms with Crippen molar-refractivity contribution < 1.29 is 9.53 Å². The molecule has 0 aliphatic heterocycles. The largest absolute Gasteiger partial charge is 0.426 e. The van der Waals surface area contributed by atoms with Crippen LogP contribution in [0.25, 0.3) is 10.8 Å². The fourth-order valence-electron chi connectivity index (χ4n) is 1.85. The van der Waals surface area contributed by atoms with Crippen LogP contribution in [0.3, 0.4) is 0 Å². The summed E-state index contributed by atoms with van der Waals surface area (Å²) < 4.78 is 5.41. The third-order valence-corrected chi connectivity index (χ3v) is 3.42. The van der Waals surface area contributed by atoms with Gasteiger partial charge in [0.25, 0.3) is 0 Å². The summed E-state index contributed by atoms with van der Waals surface area (Å²) in [7, 11) is 0. The van der Waals surface area contributed by atoms with Crippen LogP contribution in [0.4, 0.5) is 0 Å². The molecule has 0 radical (unpaired) electrons. The van der Waals surface area contributed by atoms with E-state index in [0.717, 1.165) is 23.6 Å². The molecular weight excluding hydrogens is 212 g/mol. The van der Waals surface area contributed by atoms with E-state index in [-0.39, 0.29) is 11.4 Å². The van der Waals surface area contributed by atoms with E-state index in [1.54, 1.807) is 0 Å². The Kier molecular flexibility index (Phi) is 2.18. The molecule has 0 spiro atoms. The maximum absolute atomic E-state index is 11.8. The Hall–Kier alpha value is -1.83. The highest BCUT2D eigenvalue weighted by atomic mass is 16.5.